The zero-order valence-corrected chi connectivity index (χ0v) is 9.84. The first-order chi connectivity index (χ1) is 6.59. The van der Waals surface area contributed by atoms with Gasteiger partial charge in [-0.15, -0.1) is 0 Å². The Balaban J connectivity index is 2.41. The molecule has 0 spiro atoms. The first-order valence-corrected chi connectivity index (χ1v) is 5.45. The van der Waals surface area contributed by atoms with Gasteiger partial charge in [0, 0.05) is 17.1 Å². The summed E-state index contributed by atoms with van der Waals surface area (Å²) in [6.45, 7) is 4.03. The van der Waals surface area contributed by atoms with Gasteiger partial charge in [-0.2, -0.15) is 5.10 Å². The van der Waals surface area contributed by atoms with Gasteiger partial charge in [-0.05, 0) is 19.4 Å². The van der Waals surface area contributed by atoms with Gasteiger partial charge < -0.3 is 5.32 Å². The number of hydrogen-bond acceptors (Lipinski definition) is 2. The summed E-state index contributed by atoms with van der Waals surface area (Å²) in [7, 11) is 0. The maximum Gasteiger partial charge on any atom is 0.269 e. The molecular weight excluding hydrogens is 246 g/mol. The first-order valence-electron chi connectivity index (χ1n) is 4.54. The van der Waals surface area contributed by atoms with Crippen molar-refractivity contribution in [1.29, 1.82) is 0 Å². The minimum atomic E-state index is -0.108. The van der Waals surface area contributed by atoms with Gasteiger partial charge in [0.25, 0.3) is 5.91 Å². The minimum absolute atomic E-state index is 0.108. The van der Waals surface area contributed by atoms with E-state index in [9.17, 15) is 4.79 Å². The number of alkyl halides is 1. The largest absolute Gasteiger partial charge is 0.348 e. The van der Waals surface area contributed by atoms with E-state index in [1.54, 1.807) is 12.3 Å². The lowest BCUT2D eigenvalue weighted by atomic mass is 10.2. The van der Waals surface area contributed by atoms with E-state index in [2.05, 4.69) is 38.4 Å². The molecule has 14 heavy (non-hydrogen) atoms. The molecule has 2 N–H and O–H groups in total. The number of nitrogens with one attached hydrogen (secondary N) is 2. The molecule has 5 heteroatoms. The van der Waals surface area contributed by atoms with Crippen molar-refractivity contribution in [2.45, 2.75) is 31.1 Å². The number of hydrogen-bond donors (Lipinski definition) is 2. The van der Waals surface area contributed by atoms with E-state index >= 15 is 0 Å². The second kappa shape index (κ2) is 5.14. The Hall–Kier alpha value is -0.840. The zero-order chi connectivity index (χ0) is 10.6. The number of H-pyrrole nitrogens is 1. The summed E-state index contributed by atoms with van der Waals surface area (Å²) in [5.74, 6) is -0.108. The number of aromatic nitrogens is 2. The second-order valence-corrected chi connectivity index (χ2v) is 4.92. The average Bonchev–Trinajstić information content (AvgIpc) is 2.53. The van der Waals surface area contributed by atoms with Gasteiger partial charge in [0.05, 0.1) is 0 Å². The zero-order valence-electron chi connectivity index (χ0n) is 8.25. The van der Waals surface area contributed by atoms with Crippen LogP contribution < -0.4 is 5.32 Å². The number of nitrogens with zero attached hydrogens (tertiary/aromatic N) is 1. The highest BCUT2D eigenvalue weighted by Crippen LogP contribution is 2.06. The molecule has 1 rings (SSSR count). The molecule has 0 saturated carbocycles. The van der Waals surface area contributed by atoms with Crippen LogP contribution in [0, 0.1) is 0 Å². The van der Waals surface area contributed by atoms with Crippen LogP contribution in [-0.4, -0.2) is 27.0 Å². The molecule has 78 valence electrons. The van der Waals surface area contributed by atoms with E-state index in [1.807, 2.05) is 6.92 Å². The van der Waals surface area contributed by atoms with E-state index in [0.29, 0.717) is 10.5 Å². The van der Waals surface area contributed by atoms with Crippen LogP contribution in [0.3, 0.4) is 0 Å². The Morgan fingerprint density at radius 3 is 2.93 bits per heavy atom. The standard InChI is InChI=1S/C9H14BrN3O/c1-6(10)5-7(2)12-9(14)8-3-4-11-13-8/h3-4,6-7H,5H2,1-2H3,(H,11,13)(H,12,14). The predicted molar refractivity (Wildman–Crippen MR) is 58.5 cm³/mol. The van der Waals surface area contributed by atoms with Crippen molar-refractivity contribution in [2.24, 2.45) is 0 Å². The fraction of sp³-hybridized carbons (Fsp3) is 0.556. The van der Waals surface area contributed by atoms with Crippen LogP contribution in [0.1, 0.15) is 30.8 Å². The average molecular weight is 260 g/mol. The van der Waals surface area contributed by atoms with Gasteiger partial charge in [0.1, 0.15) is 5.69 Å². The van der Waals surface area contributed by atoms with Crippen LogP contribution in [0.4, 0.5) is 0 Å². The Kier molecular flexibility index (Phi) is 4.13. The van der Waals surface area contributed by atoms with Crippen LogP contribution in [0.25, 0.3) is 0 Å². The number of aromatic amines is 1. The highest BCUT2D eigenvalue weighted by atomic mass is 79.9. The number of amides is 1. The molecule has 0 aliphatic heterocycles. The lowest BCUT2D eigenvalue weighted by Gasteiger charge is -2.14. The molecule has 0 aliphatic carbocycles. The van der Waals surface area contributed by atoms with Gasteiger partial charge in [-0.3, -0.25) is 9.89 Å². The smallest absolute Gasteiger partial charge is 0.269 e. The first kappa shape index (κ1) is 11.2. The summed E-state index contributed by atoms with van der Waals surface area (Å²) in [6, 6.07) is 1.81. The highest BCUT2D eigenvalue weighted by Gasteiger charge is 2.11. The second-order valence-electron chi connectivity index (χ2n) is 3.36. The summed E-state index contributed by atoms with van der Waals surface area (Å²) < 4.78 is 0. The molecule has 2 unspecified atom stereocenters. The third-order valence-corrected chi connectivity index (χ3v) is 2.18. The normalized spacial score (nSPS) is 14.8. The van der Waals surface area contributed by atoms with Gasteiger partial charge in [0.2, 0.25) is 0 Å². The molecule has 2 atom stereocenters. The number of rotatable bonds is 4. The maximum atomic E-state index is 11.5. The van der Waals surface area contributed by atoms with E-state index < -0.39 is 0 Å². The van der Waals surface area contributed by atoms with Crippen molar-refractivity contribution < 1.29 is 4.79 Å². The molecule has 1 amide bonds. The van der Waals surface area contributed by atoms with E-state index in [1.165, 1.54) is 0 Å². The maximum absolute atomic E-state index is 11.5. The van der Waals surface area contributed by atoms with Crippen molar-refractivity contribution in [3.05, 3.63) is 18.0 Å². The molecule has 0 bridgehead atoms. The minimum Gasteiger partial charge on any atom is -0.348 e. The Labute approximate surface area is 91.6 Å². The third-order valence-electron chi connectivity index (χ3n) is 1.80. The summed E-state index contributed by atoms with van der Waals surface area (Å²) >= 11 is 3.44. The number of carbonyl (C=O) groups is 1. The van der Waals surface area contributed by atoms with Crippen LogP contribution in [0.2, 0.25) is 0 Å². The topological polar surface area (TPSA) is 57.8 Å². The predicted octanol–water partition coefficient (Wildman–Crippen LogP) is 1.70. The van der Waals surface area contributed by atoms with Crippen molar-refractivity contribution in [3.63, 3.8) is 0 Å². The molecule has 1 heterocycles. The summed E-state index contributed by atoms with van der Waals surface area (Å²) in [4.78, 5) is 11.9. The molecule has 1 aromatic rings. The lowest BCUT2D eigenvalue weighted by Crippen LogP contribution is -2.34. The Morgan fingerprint density at radius 1 is 1.71 bits per heavy atom. The number of carbonyl (C=O) groups excluding carboxylic acids is 1. The van der Waals surface area contributed by atoms with Gasteiger partial charge in [-0.1, -0.05) is 22.9 Å². The summed E-state index contributed by atoms with van der Waals surface area (Å²) in [6.07, 6.45) is 2.46. The molecule has 0 radical (unpaired) electrons. The highest BCUT2D eigenvalue weighted by molar-refractivity contribution is 9.09. The molecule has 0 saturated heterocycles. The third kappa shape index (κ3) is 3.49. The molecular formula is C9H14BrN3O. The molecule has 0 fully saturated rings. The van der Waals surface area contributed by atoms with Crippen LogP contribution >= 0.6 is 15.9 Å². The van der Waals surface area contributed by atoms with Crippen molar-refractivity contribution >= 4 is 21.8 Å². The quantitative estimate of drug-likeness (QED) is 0.809. The van der Waals surface area contributed by atoms with Crippen molar-refractivity contribution in [3.8, 4) is 0 Å². The van der Waals surface area contributed by atoms with Crippen molar-refractivity contribution in [2.75, 3.05) is 0 Å². The van der Waals surface area contributed by atoms with E-state index in [-0.39, 0.29) is 11.9 Å². The SMILES string of the molecule is CC(Br)CC(C)NC(=O)c1ccn[nH]1. The van der Waals surface area contributed by atoms with Crippen molar-refractivity contribution in [1.82, 2.24) is 15.5 Å². The van der Waals surface area contributed by atoms with Gasteiger partial charge >= 0.3 is 0 Å². The molecule has 0 aromatic carbocycles. The molecule has 4 nitrogen and oxygen atoms in total. The lowest BCUT2D eigenvalue weighted by molar-refractivity contribution is 0.0933. The molecule has 1 aromatic heterocycles. The van der Waals surface area contributed by atoms with Gasteiger partial charge in [0.15, 0.2) is 0 Å². The van der Waals surface area contributed by atoms with E-state index in [4.69, 9.17) is 0 Å². The van der Waals surface area contributed by atoms with Gasteiger partial charge in [-0.25, -0.2) is 0 Å². The Morgan fingerprint density at radius 2 is 2.43 bits per heavy atom. The number of halogens is 1. The monoisotopic (exact) mass is 259 g/mol. The Bertz CT molecular complexity index is 284. The van der Waals surface area contributed by atoms with Crippen LogP contribution in [-0.2, 0) is 0 Å². The van der Waals surface area contributed by atoms with E-state index in [0.717, 1.165) is 6.42 Å². The van der Waals surface area contributed by atoms with Crippen LogP contribution in [0.5, 0.6) is 0 Å². The fourth-order valence-electron chi connectivity index (χ4n) is 1.23. The molecule has 0 aliphatic rings. The summed E-state index contributed by atoms with van der Waals surface area (Å²) in [5, 5.41) is 9.21. The van der Waals surface area contributed by atoms with Crippen LogP contribution in [0.15, 0.2) is 12.3 Å². The summed E-state index contributed by atoms with van der Waals surface area (Å²) in [5.41, 5.74) is 0.499. The fourth-order valence-corrected chi connectivity index (χ4v) is 1.79.